The smallest absolute Gasteiger partial charge is 0.312 e. The van der Waals surface area contributed by atoms with Crippen LogP contribution >= 0.6 is 23.2 Å². The van der Waals surface area contributed by atoms with Crippen LogP contribution in [0.4, 0.5) is 21.9 Å². The Hall–Kier alpha value is -2.24. The third-order valence-corrected chi connectivity index (χ3v) is 5.38. The predicted molar refractivity (Wildman–Crippen MR) is 116 cm³/mol. The Kier molecular flexibility index (Phi) is 6.47. The van der Waals surface area contributed by atoms with Gasteiger partial charge in [-0.1, -0.05) is 37.0 Å². The van der Waals surface area contributed by atoms with Crippen molar-refractivity contribution in [2.75, 3.05) is 22.1 Å². The maximum atomic E-state index is 12.3. The van der Waals surface area contributed by atoms with Crippen molar-refractivity contribution < 1.29 is 9.59 Å². The first-order chi connectivity index (χ1) is 13.3. The zero-order chi connectivity index (χ0) is 20.3. The van der Waals surface area contributed by atoms with E-state index in [0.717, 1.165) is 17.7 Å². The van der Waals surface area contributed by atoms with E-state index in [9.17, 15) is 9.59 Å². The van der Waals surface area contributed by atoms with E-state index < -0.39 is 0 Å². The van der Waals surface area contributed by atoms with Gasteiger partial charge >= 0.3 is 6.03 Å². The number of halogens is 2. The molecule has 28 heavy (non-hydrogen) atoms. The number of hydrogen-bond donors (Lipinski definition) is 2. The predicted octanol–water partition coefficient (Wildman–Crippen LogP) is 5.96. The molecule has 0 fully saturated rings. The topological polar surface area (TPSA) is 61.4 Å². The summed E-state index contributed by atoms with van der Waals surface area (Å²) in [7, 11) is 0. The van der Waals surface area contributed by atoms with Gasteiger partial charge in [-0.3, -0.25) is 4.79 Å². The highest BCUT2D eigenvalue weighted by atomic mass is 35.5. The van der Waals surface area contributed by atoms with Gasteiger partial charge in [0.25, 0.3) is 0 Å². The highest BCUT2D eigenvalue weighted by Crippen LogP contribution is 2.31. The largest absolute Gasteiger partial charge is 0.323 e. The minimum absolute atomic E-state index is 0.159. The van der Waals surface area contributed by atoms with Gasteiger partial charge in [0.05, 0.1) is 10.0 Å². The van der Waals surface area contributed by atoms with Gasteiger partial charge in [0.1, 0.15) is 0 Å². The van der Waals surface area contributed by atoms with Crippen LogP contribution in [0.1, 0.15) is 32.3 Å². The van der Waals surface area contributed by atoms with Crippen LogP contribution in [0.3, 0.4) is 0 Å². The van der Waals surface area contributed by atoms with E-state index in [4.69, 9.17) is 23.2 Å². The molecule has 0 atom stereocenters. The van der Waals surface area contributed by atoms with Crippen molar-refractivity contribution in [1.82, 2.24) is 0 Å². The van der Waals surface area contributed by atoms with Crippen LogP contribution in [-0.2, 0) is 11.2 Å². The van der Waals surface area contributed by atoms with Crippen molar-refractivity contribution in [1.29, 1.82) is 0 Å². The molecular formula is C21H23Cl2N3O2. The molecule has 1 aliphatic heterocycles. The molecule has 3 amide bonds. The Morgan fingerprint density at radius 3 is 2.39 bits per heavy atom. The van der Waals surface area contributed by atoms with E-state index >= 15 is 0 Å². The van der Waals surface area contributed by atoms with Gasteiger partial charge < -0.3 is 15.5 Å². The molecule has 2 N–H and O–H groups in total. The van der Waals surface area contributed by atoms with Crippen molar-refractivity contribution in [3.8, 4) is 0 Å². The minimum atomic E-state index is -0.373. The monoisotopic (exact) mass is 419 g/mol. The highest BCUT2D eigenvalue weighted by molar-refractivity contribution is 6.42. The number of benzene rings is 2. The first-order valence-electron chi connectivity index (χ1n) is 9.30. The van der Waals surface area contributed by atoms with Crippen molar-refractivity contribution in [2.24, 2.45) is 5.92 Å². The fourth-order valence-electron chi connectivity index (χ4n) is 3.14. The van der Waals surface area contributed by atoms with Gasteiger partial charge in [-0.05, 0) is 60.7 Å². The normalized spacial score (nSPS) is 13.5. The number of aryl methyl sites for hydroxylation is 1. The molecule has 148 valence electrons. The lowest BCUT2D eigenvalue weighted by atomic mass is 9.99. The summed E-state index contributed by atoms with van der Waals surface area (Å²) in [4.78, 5) is 26.4. The number of nitrogens with one attached hydrogen (secondary N) is 2. The van der Waals surface area contributed by atoms with Crippen molar-refractivity contribution in [3.05, 3.63) is 52.0 Å². The molecule has 0 aromatic heterocycles. The maximum Gasteiger partial charge on any atom is 0.323 e. The molecule has 0 saturated carbocycles. The molecule has 3 rings (SSSR count). The molecule has 2 aromatic rings. The summed E-state index contributed by atoms with van der Waals surface area (Å²) >= 11 is 11.9. The lowest BCUT2D eigenvalue weighted by Crippen LogP contribution is -2.36. The summed E-state index contributed by atoms with van der Waals surface area (Å²) in [6.07, 6.45) is 2.12. The van der Waals surface area contributed by atoms with Gasteiger partial charge in [-0.15, -0.1) is 0 Å². The van der Waals surface area contributed by atoms with Crippen molar-refractivity contribution in [2.45, 2.75) is 33.1 Å². The number of urea groups is 1. The Morgan fingerprint density at radius 1 is 1.04 bits per heavy atom. The lowest BCUT2D eigenvalue weighted by Gasteiger charge is -2.30. The van der Waals surface area contributed by atoms with Crippen LogP contribution in [0.2, 0.25) is 10.0 Å². The van der Waals surface area contributed by atoms with Crippen LogP contribution in [0, 0.1) is 5.92 Å². The molecular weight excluding hydrogens is 397 g/mol. The van der Waals surface area contributed by atoms with Gasteiger partial charge in [0.2, 0.25) is 5.91 Å². The first-order valence-corrected chi connectivity index (χ1v) is 10.1. The average Bonchev–Trinajstić information content (AvgIpc) is 2.64. The standard InChI is InChI=1S/C21H23Cl2N3O2/c1-13(2)9-10-26-19-7-5-15(11-14(19)3-8-20(26)27)24-21(28)25-16-4-6-17(22)18(23)12-16/h4-7,11-13H,3,8-10H2,1-2H3,(H2,24,25,28). The van der Waals surface area contributed by atoms with Crippen LogP contribution in [-0.4, -0.2) is 18.5 Å². The summed E-state index contributed by atoms with van der Waals surface area (Å²) in [6.45, 7) is 5.01. The number of carbonyl (C=O) groups is 2. The van der Waals surface area contributed by atoms with Gasteiger partial charge in [0.15, 0.2) is 0 Å². The molecule has 0 bridgehead atoms. The summed E-state index contributed by atoms with van der Waals surface area (Å²) in [6, 6.07) is 10.2. The highest BCUT2D eigenvalue weighted by Gasteiger charge is 2.24. The molecule has 1 aliphatic rings. The second kappa shape index (κ2) is 8.84. The van der Waals surface area contributed by atoms with Crippen molar-refractivity contribution >= 4 is 52.2 Å². The minimum Gasteiger partial charge on any atom is -0.312 e. The third kappa shape index (κ3) is 4.97. The number of amides is 3. The van der Waals surface area contributed by atoms with E-state index in [2.05, 4.69) is 24.5 Å². The Morgan fingerprint density at radius 2 is 1.71 bits per heavy atom. The van der Waals surface area contributed by atoms with Gasteiger partial charge in [-0.25, -0.2) is 4.79 Å². The Balaban J connectivity index is 1.69. The maximum absolute atomic E-state index is 12.3. The molecule has 2 aromatic carbocycles. The summed E-state index contributed by atoms with van der Waals surface area (Å²) in [5.41, 5.74) is 3.23. The van der Waals surface area contributed by atoms with E-state index in [1.54, 1.807) is 18.2 Å². The Labute approximate surface area is 175 Å². The van der Waals surface area contributed by atoms with Gasteiger partial charge in [0, 0.05) is 30.0 Å². The number of fused-ring (bicyclic) bond motifs is 1. The third-order valence-electron chi connectivity index (χ3n) is 4.64. The first kappa shape index (κ1) is 20.5. The van der Waals surface area contributed by atoms with Crippen molar-refractivity contribution in [3.63, 3.8) is 0 Å². The Bertz CT molecular complexity index is 899. The second-order valence-corrected chi connectivity index (χ2v) is 8.09. The molecule has 0 spiro atoms. The summed E-state index contributed by atoms with van der Waals surface area (Å²) in [5, 5.41) is 6.35. The molecule has 0 unspecified atom stereocenters. The molecule has 5 nitrogen and oxygen atoms in total. The quantitative estimate of drug-likeness (QED) is 0.627. The molecule has 1 heterocycles. The number of rotatable bonds is 5. The zero-order valence-electron chi connectivity index (χ0n) is 15.9. The number of carbonyl (C=O) groups excluding carboxylic acids is 2. The second-order valence-electron chi connectivity index (χ2n) is 7.28. The summed E-state index contributed by atoms with van der Waals surface area (Å²) in [5.74, 6) is 0.690. The SMILES string of the molecule is CC(C)CCN1C(=O)CCc2cc(NC(=O)Nc3ccc(Cl)c(Cl)c3)ccc21. The molecule has 0 radical (unpaired) electrons. The van der Waals surface area contributed by atoms with E-state index in [1.165, 1.54) is 0 Å². The number of nitrogens with zero attached hydrogens (tertiary/aromatic N) is 1. The number of anilines is 3. The fourth-order valence-corrected chi connectivity index (χ4v) is 3.44. The zero-order valence-corrected chi connectivity index (χ0v) is 17.4. The fraction of sp³-hybridized carbons (Fsp3) is 0.333. The van der Waals surface area contributed by atoms with Crippen LogP contribution in [0.5, 0.6) is 0 Å². The lowest BCUT2D eigenvalue weighted by molar-refractivity contribution is -0.118. The van der Waals surface area contributed by atoms with E-state index in [0.29, 0.717) is 46.7 Å². The van der Waals surface area contributed by atoms with E-state index in [-0.39, 0.29) is 11.9 Å². The molecule has 7 heteroatoms. The van der Waals surface area contributed by atoms with Crippen LogP contribution in [0.15, 0.2) is 36.4 Å². The van der Waals surface area contributed by atoms with Crippen LogP contribution in [0.25, 0.3) is 0 Å². The summed E-state index contributed by atoms with van der Waals surface area (Å²) < 4.78 is 0. The van der Waals surface area contributed by atoms with Gasteiger partial charge in [-0.2, -0.15) is 0 Å². The number of hydrogen-bond acceptors (Lipinski definition) is 2. The molecule has 0 saturated heterocycles. The van der Waals surface area contributed by atoms with Crippen LogP contribution < -0.4 is 15.5 Å². The molecule has 0 aliphatic carbocycles. The van der Waals surface area contributed by atoms with E-state index in [1.807, 2.05) is 23.1 Å². The average molecular weight is 420 g/mol.